The lowest BCUT2D eigenvalue weighted by molar-refractivity contribution is -0.138. The highest BCUT2D eigenvalue weighted by Crippen LogP contribution is 2.53. The average molecular weight is 578 g/mol. The lowest BCUT2D eigenvalue weighted by Gasteiger charge is -2.43. The minimum absolute atomic E-state index is 0.0630. The van der Waals surface area contributed by atoms with Crippen LogP contribution < -0.4 is 14.4 Å². The summed E-state index contributed by atoms with van der Waals surface area (Å²) in [7, 11) is -2.42. The Balaban J connectivity index is 1.51. The van der Waals surface area contributed by atoms with Crippen molar-refractivity contribution in [3.8, 4) is 5.75 Å². The van der Waals surface area contributed by atoms with E-state index in [1.807, 2.05) is 49.1 Å². The van der Waals surface area contributed by atoms with E-state index in [2.05, 4.69) is 5.32 Å². The average Bonchev–Trinajstić information content (AvgIpc) is 3.20. The first-order valence-corrected chi connectivity index (χ1v) is 15.1. The van der Waals surface area contributed by atoms with E-state index in [4.69, 9.17) is 4.74 Å². The van der Waals surface area contributed by atoms with Crippen LogP contribution in [0.1, 0.15) is 46.8 Å². The van der Waals surface area contributed by atoms with Gasteiger partial charge in [-0.1, -0.05) is 24.3 Å². The van der Waals surface area contributed by atoms with Crippen molar-refractivity contribution in [2.45, 2.75) is 49.6 Å². The van der Waals surface area contributed by atoms with Gasteiger partial charge in [-0.15, -0.1) is 0 Å². The Bertz CT molecular complexity index is 1560. The number of sulfonamides is 1. The van der Waals surface area contributed by atoms with Gasteiger partial charge in [-0.05, 0) is 98.9 Å². The molecule has 0 bridgehead atoms. The Labute approximate surface area is 240 Å². The molecule has 2 N–H and O–H groups in total. The largest absolute Gasteiger partial charge is 0.497 e. The summed E-state index contributed by atoms with van der Waals surface area (Å²) in [6.07, 6.45) is 1.13. The van der Waals surface area contributed by atoms with Crippen molar-refractivity contribution >= 4 is 27.6 Å². The number of piperidine rings is 1. The lowest BCUT2D eigenvalue weighted by Crippen LogP contribution is -2.52. The predicted molar refractivity (Wildman–Crippen MR) is 156 cm³/mol. The number of aliphatic carboxylic acids is 1. The number of hydrogen-bond acceptors (Lipinski definition) is 6. The summed E-state index contributed by atoms with van der Waals surface area (Å²) in [5.74, 6) is -0.571. The SMILES string of the molecule is COc1ccc(S(=O)(=O)N2c3ccc(C(=O)NCc4ccccc4C)cc3C3(CCN(CC(=O)O)CC3)C2C)cc1. The van der Waals surface area contributed by atoms with E-state index >= 15 is 0 Å². The first-order chi connectivity index (χ1) is 19.6. The summed E-state index contributed by atoms with van der Waals surface area (Å²) in [6, 6.07) is 19.0. The monoisotopic (exact) mass is 577 g/mol. The Hall–Kier alpha value is -3.89. The minimum Gasteiger partial charge on any atom is -0.497 e. The molecule has 1 spiro atoms. The number of nitrogens with one attached hydrogen (secondary N) is 1. The third-order valence-electron chi connectivity index (χ3n) is 8.61. The number of likely N-dealkylation sites (tertiary alicyclic amines) is 1. The summed E-state index contributed by atoms with van der Waals surface area (Å²) in [5.41, 5.74) is 3.35. The number of hydrogen-bond donors (Lipinski definition) is 2. The van der Waals surface area contributed by atoms with Crippen molar-refractivity contribution in [3.63, 3.8) is 0 Å². The Kier molecular flexibility index (Phi) is 7.80. The van der Waals surface area contributed by atoms with Crippen LogP contribution in [-0.2, 0) is 26.8 Å². The number of nitrogens with zero attached hydrogens (tertiary/aromatic N) is 2. The van der Waals surface area contributed by atoms with Crippen LogP contribution in [0.15, 0.2) is 71.6 Å². The maximum absolute atomic E-state index is 14.1. The molecular weight excluding hydrogens is 542 g/mol. The van der Waals surface area contributed by atoms with Crippen molar-refractivity contribution < 1.29 is 27.9 Å². The third kappa shape index (κ3) is 5.29. The summed E-state index contributed by atoms with van der Waals surface area (Å²) >= 11 is 0. The Morgan fingerprint density at radius 2 is 1.73 bits per heavy atom. The summed E-state index contributed by atoms with van der Waals surface area (Å²) in [6.45, 7) is 5.24. The maximum Gasteiger partial charge on any atom is 0.317 e. The number of carboxylic acids is 1. The normalized spacial score (nSPS) is 18.2. The van der Waals surface area contributed by atoms with E-state index in [0.717, 1.165) is 16.7 Å². The number of carbonyl (C=O) groups excluding carboxylic acids is 1. The predicted octanol–water partition coefficient (Wildman–Crippen LogP) is 3.95. The molecule has 0 aromatic heterocycles. The Morgan fingerprint density at radius 1 is 1.05 bits per heavy atom. The highest BCUT2D eigenvalue weighted by atomic mass is 32.2. The maximum atomic E-state index is 14.1. The number of aryl methyl sites for hydroxylation is 1. The first-order valence-electron chi connectivity index (χ1n) is 13.7. The quantitative estimate of drug-likeness (QED) is 0.417. The standard InChI is InChI=1S/C31H35N3O6S/c1-21-6-4-5-7-24(21)19-32-30(37)23-8-13-28-27(18-23)31(14-16-33(17-15-31)20-29(35)36)22(2)34(28)41(38,39)26-11-9-25(40-3)10-12-26/h4-13,18,22H,14-17,19-20H2,1-3H3,(H,32,37)(H,35,36). The van der Waals surface area contributed by atoms with Crippen molar-refractivity contribution in [1.82, 2.24) is 10.2 Å². The fourth-order valence-corrected chi connectivity index (χ4v) is 7.94. The molecule has 2 aliphatic heterocycles. The van der Waals surface area contributed by atoms with Gasteiger partial charge in [0.25, 0.3) is 15.9 Å². The van der Waals surface area contributed by atoms with Crippen molar-refractivity contribution in [2.24, 2.45) is 0 Å². The van der Waals surface area contributed by atoms with Gasteiger partial charge in [0.2, 0.25) is 0 Å². The van der Waals surface area contributed by atoms with Crippen LogP contribution >= 0.6 is 0 Å². The van der Waals surface area contributed by atoms with Crippen LogP contribution in [0.5, 0.6) is 5.75 Å². The second kappa shape index (κ2) is 11.2. The molecule has 1 saturated heterocycles. The van der Waals surface area contributed by atoms with Crippen LogP contribution in [0.2, 0.25) is 0 Å². The second-order valence-electron chi connectivity index (χ2n) is 10.8. The second-order valence-corrected chi connectivity index (χ2v) is 12.6. The van der Waals surface area contributed by atoms with E-state index in [1.54, 1.807) is 24.3 Å². The molecule has 1 unspecified atom stereocenters. The zero-order valence-corrected chi connectivity index (χ0v) is 24.3. The van der Waals surface area contributed by atoms with E-state index < -0.39 is 27.4 Å². The van der Waals surface area contributed by atoms with Crippen LogP contribution in [0.4, 0.5) is 5.69 Å². The molecule has 1 atom stereocenters. The van der Waals surface area contributed by atoms with Crippen LogP contribution in [0.3, 0.4) is 0 Å². The summed E-state index contributed by atoms with van der Waals surface area (Å²) in [5, 5.41) is 12.3. The number of ether oxygens (including phenoxy) is 1. The molecule has 0 radical (unpaired) electrons. The van der Waals surface area contributed by atoms with E-state index in [0.29, 0.717) is 49.5 Å². The zero-order chi connectivity index (χ0) is 29.4. The van der Waals surface area contributed by atoms with Gasteiger partial charge in [-0.25, -0.2) is 8.42 Å². The van der Waals surface area contributed by atoms with E-state index in [1.165, 1.54) is 23.5 Å². The van der Waals surface area contributed by atoms with Gasteiger partial charge >= 0.3 is 5.97 Å². The first kappa shape index (κ1) is 28.6. The molecule has 3 aromatic carbocycles. The molecule has 1 fully saturated rings. The minimum atomic E-state index is -3.95. The van der Waals surface area contributed by atoms with Gasteiger partial charge in [0.1, 0.15) is 5.75 Å². The number of carbonyl (C=O) groups is 2. The Morgan fingerprint density at radius 3 is 2.37 bits per heavy atom. The molecule has 1 amide bonds. The van der Waals surface area contributed by atoms with Crippen LogP contribution in [0, 0.1) is 6.92 Å². The zero-order valence-electron chi connectivity index (χ0n) is 23.5. The smallest absolute Gasteiger partial charge is 0.317 e. The van der Waals surface area contributed by atoms with E-state index in [9.17, 15) is 23.1 Å². The lowest BCUT2D eigenvalue weighted by atomic mass is 9.70. The fourth-order valence-electron chi connectivity index (χ4n) is 6.20. The molecule has 0 aliphatic carbocycles. The van der Waals surface area contributed by atoms with Gasteiger partial charge in [0.05, 0.1) is 30.3 Å². The molecule has 2 aliphatic rings. The topological polar surface area (TPSA) is 116 Å². The number of methoxy groups -OCH3 is 1. The highest BCUT2D eigenvalue weighted by molar-refractivity contribution is 7.92. The van der Waals surface area contributed by atoms with Gasteiger partial charge in [0, 0.05) is 17.5 Å². The number of rotatable bonds is 8. The van der Waals surface area contributed by atoms with Crippen molar-refractivity contribution in [1.29, 1.82) is 0 Å². The number of amides is 1. The van der Waals surface area contributed by atoms with Crippen LogP contribution in [-0.4, -0.2) is 63.1 Å². The summed E-state index contributed by atoms with van der Waals surface area (Å²) in [4.78, 5) is 26.7. The van der Waals surface area contributed by atoms with Crippen molar-refractivity contribution in [3.05, 3.63) is 89.0 Å². The molecule has 216 valence electrons. The summed E-state index contributed by atoms with van der Waals surface area (Å²) < 4.78 is 34.8. The van der Waals surface area contributed by atoms with Crippen LogP contribution in [0.25, 0.3) is 0 Å². The van der Waals surface area contributed by atoms with Crippen molar-refractivity contribution in [2.75, 3.05) is 31.0 Å². The molecule has 3 aromatic rings. The molecule has 9 nitrogen and oxygen atoms in total. The number of benzene rings is 3. The molecule has 2 heterocycles. The fraction of sp³-hybridized carbons (Fsp3) is 0.355. The number of carboxylic acid groups (broad SMARTS) is 1. The number of fused-ring (bicyclic) bond motifs is 2. The highest BCUT2D eigenvalue weighted by Gasteiger charge is 2.53. The molecular formula is C31H35N3O6S. The molecule has 41 heavy (non-hydrogen) atoms. The molecule has 10 heteroatoms. The van der Waals surface area contributed by atoms with E-state index in [-0.39, 0.29) is 17.3 Å². The molecule has 5 rings (SSSR count). The molecule has 0 saturated carbocycles. The van der Waals surface area contributed by atoms with Gasteiger partial charge < -0.3 is 15.2 Å². The third-order valence-corrected chi connectivity index (χ3v) is 10.5. The number of anilines is 1. The van der Waals surface area contributed by atoms with Gasteiger partial charge in [-0.2, -0.15) is 0 Å². The van der Waals surface area contributed by atoms with Gasteiger partial charge in [0.15, 0.2) is 0 Å². The van der Waals surface area contributed by atoms with Gasteiger partial charge in [-0.3, -0.25) is 18.8 Å².